The Morgan fingerprint density at radius 2 is 1.91 bits per heavy atom. The van der Waals surface area contributed by atoms with Crippen LogP contribution in [-0.2, 0) is 11.4 Å². The highest BCUT2D eigenvalue weighted by atomic mass is 35.5. The van der Waals surface area contributed by atoms with Crippen LogP contribution >= 0.6 is 35.6 Å². The zero-order chi connectivity index (χ0) is 24.2. The number of para-hydroxylation sites is 1. The van der Waals surface area contributed by atoms with Gasteiger partial charge < -0.3 is 9.47 Å². The van der Waals surface area contributed by atoms with Gasteiger partial charge in [-0.1, -0.05) is 59.8 Å². The summed E-state index contributed by atoms with van der Waals surface area (Å²) in [6, 6.07) is 18.5. The molecule has 0 radical (unpaired) electrons. The number of rotatable bonds is 7. The minimum absolute atomic E-state index is 0.00511. The van der Waals surface area contributed by atoms with E-state index in [-0.39, 0.29) is 18.2 Å². The fourth-order valence-electron chi connectivity index (χ4n) is 3.32. The monoisotopic (exact) mass is 512 g/mol. The summed E-state index contributed by atoms with van der Waals surface area (Å²) in [5.41, 5.74) is 1.75. The normalized spacial score (nSPS) is 14.5. The summed E-state index contributed by atoms with van der Waals surface area (Å²) >= 11 is 12.7. The lowest BCUT2D eigenvalue weighted by Gasteiger charge is -2.14. The summed E-state index contributed by atoms with van der Waals surface area (Å²) in [7, 11) is 1.50. The number of nitro groups is 1. The van der Waals surface area contributed by atoms with Gasteiger partial charge in [0.25, 0.3) is 11.6 Å². The summed E-state index contributed by atoms with van der Waals surface area (Å²) in [5.74, 6) is 0.606. The summed E-state index contributed by atoms with van der Waals surface area (Å²) in [4.78, 5) is 25.7. The van der Waals surface area contributed by atoms with Crippen LogP contribution in [0.25, 0.3) is 6.08 Å². The number of thiocarbonyl (C=S) groups is 1. The Morgan fingerprint density at radius 1 is 1.12 bits per heavy atom. The largest absolute Gasteiger partial charge is 0.493 e. The molecular weight excluding hydrogens is 496 g/mol. The maximum absolute atomic E-state index is 13.0. The number of amides is 1. The van der Waals surface area contributed by atoms with Gasteiger partial charge in [-0.25, -0.2) is 0 Å². The summed E-state index contributed by atoms with van der Waals surface area (Å²) < 4.78 is 11.6. The van der Waals surface area contributed by atoms with Gasteiger partial charge in [0.1, 0.15) is 6.61 Å². The minimum atomic E-state index is -0.446. The van der Waals surface area contributed by atoms with Gasteiger partial charge >= 0.3 is 0 Å². The predicted octanol–water partition coefficient (Wildman–Crippen LogP) is 6.24. The molecule has 0 aliphatic carbocycles. The van der Waals surface area contributed by atoms with Gasteiger partial charge in [-0.2, -0.15) is 0 Å². The fraction of sp³-hybridized carbons (Fsp3) is 0.0833. The Morgan fingerprint density at radius 3 is 2.65 bits per heavy atom. The number of nitro benzene ring substituents is 1. The molecule has 10 heteroatoms. The fourth-order valence-corrected chi connectivity index (χ4v) is 4.80. The van der Waals surface area contributed by atoms with Crippen LogP contribution in [0, 0.1) is 10.1 Å². The number of nitrogens with zero attached hydrogens (tertiary/aromatic N) is 2. The van der Waals surface area contributed by atoms with Gasteiger partial charge in [0, 0.05) is 11.1 Å². The van der Waals surface area contributed by atoms with Gasteiger partial charge in [-0.15, -0.1) is 0 Å². The molecule has 0 spiro atoms. The van der Waals surface area contributed by atoms with Crippen molar-refractivity contribution < 1.29 is 19.2 Å². The molecule has 0 saturated carbocycles. The third kappa shape index (κ3) is 5.06. The zero-order valence-corrected chi connectivity index (χ0v) is 20.2. The smallest absolute Gasteiger partial charge is 0.276 e. The van der Waals surface area contributed by atoms with Gasteiger partial charge in [-0.05, 0) is 48.0 Å². The second-order valence-electron chi connectivity index (χ2n) is 7.08. The van der Waals surface area contributed by atoms with Crippen LogP contribution in [-0.4, -0.2) is 22.3 Å². The van der Waals surface area contributed by atoms with E-state index in [0.29, 0.717) is 42.6 Å². The first-order valence-electron chi connectivity index (χ1n) is 9.94. The van der Waals surface area contributed by atoms with Crippen LogP contribution < -0.4 is 14.4 Å². The van der Waals surface area contributed by atoms with Crippen molar-refractivity contribution in [3.05, 3.63) is 97.9 Å². The molecular formula is C24H17ClN2O5S2. The van der Waals surface area contributed by atoms with Crippen molar-refractivity contribution in [3.63, 3.8) is 0 Å². The van der Waals surface area contributed by atoms with Crippen LogP contribution in [0.3, 0.4) is 0 Å². The Hall–Kier alpha value is -3.40. The molecule has 0 unspecified atom stereocenters. The van der Waals surface area contributed by atoms with Crippen molar-refractivity contribution in [1.82, 2.24) is 0 Å². The number of methoxy groups -OCH3 is 1. The average Bonchev–Trinajstić information content (AvgIpc) is 3.10. The number of hydrogen-bond acceptors (Lipinski definition) is 7. The number of thioether (sulfide) groups is 1. The highest BCUT2D eigenvalue weighted by molar-refractivity contribution is 8.27. The first-order chi connectivity index (χ1) is 16.4. The molecule has 172 valence electrons. The number of benzene rings is 3. The highest BCUT2D eigenvalue weighted by Gasteiger charge is 2.33. The minimum Gasteiger partial charge on any atom is -0.493 e. The third-order valence-corrected chi connectivity index (χ3v) is 6.45. The SMILES string of the molecule is COc1cc(/C=C2/SC(=S)N(c3cccc(Cl)c3)C2=O)ccc1OCc1ccccc1[N+](=O)[O-]. The van der Waals surface area contributed by atoms with Crippen LogP contribution in [0.2, 0.25) is 5.02 Å². The Balaban J connectivity index is 1.54. The van der Waals surface area contributed by atoms with Crippen LogP contribution in [0.4, 0.5) is 11.4 Å². The van der Waals surface area contributed by atoms with E-state index in [1.165, 1.54) is 29.8 Å². The molecule has 34 heavy (non-hydrogen) atoms. The number of anilines is 1. The van der Waals surface area contributed by atoms with Crippen molar-refractivity contribution in [2.45, 2.75) is 6.61 Å². The van der Waals surface area contributed by atoms with Crippen LogP contribution in [0.1, 0.15) is 11.1 Å². The molecule has 0 N–H and O–H groups in total. The quantitative estimate of drug-likeness (QED) is 0.160. The first kappa shape index (κ1) is 23.7. The lowest BCUT2D eigenvalue weighted by molar-refractivity contribution is -0.385. The summed E-state index contributed by atoms with van der Waals surface area (Å²) in [6.07, 6.45) is 1.72. The number of halogens is 1. The third-order valence-electron chi connectivity index (χ3n) is 4.92. The topological polar surface area (TPSA) is 81.9 Å². The van der Waals surface area contributed by atoms with Crippen molar-refractivity contribution in [3.8, 4) is 11.5 Å². The molecule has 1 fully saturated rings. The molecule has 1 amide bonds. The predicted molar refractivity (Wildman–Crippen MR) is 138 cm³/mol. The first-order valence-corrected chi connectivity index (χ1v) is 11.5. The zero-order valence-electron chi connectivity index (χ0n) is 17.8. The van der Waals surface area contributed by atoms with E-state index in [9.17, 15) is 14.9 Å². The van der Waals surface area contributed by atoms with Crippen molar-refractivity contribution in [1.29, 1.82) is 0 Å². The van der Waals surface area contributed by atoms with Crippen molar-refractivity contribution in [2.75, 3.05) is 12.0 Å². The van der Waals surface area contributed by atoms with E-state index in [2.05, 4.69) is 0 Å². The Bertz CT molecular complexity index is 1330. The molecule has 1 aliphatic heterocycles. The summed E-state index contributed by atoms with van der Waals surface area (Å²) in [5, 5.41) is 11.7. The molecule has 0 atom stereocenters. The number of ether oxygens (including phenoxy) is 2. The van der Waals surface area contributed by atoms with Gasteiger partial charge in [0.15, 0.2) is 15.8 Å². The average molecular weight is 513 g/mol. The van der Waals surface area contributed by atoms with E-state index < -0.39 is 4.92 Å². The van der Waals surface area contributed by atoms with E-state index in [4.69, 9.17) is 33.3 Å². The van der Waals surface area contributed by atoms with E-state index in [1.54, 1.807) is 66.7 Å². The number of hydrogen-bond donors (Lipinski definition) is 0. The number of carbonyl (C=O) groups is 1. The Kier molecular flexibility index (Phi) is 7.16. The van der Waals surface area contributed by atoms with Crippen molar-refractivity contribution in [2.24, 2.45) is 0 Å². The summed E-state index contributed by atoms with van der Waals surface area (Å²) in [6.45, 7) is 0.00511. The van der Waals surface area contributed by atoms with Gasteiger partial charge in [0.05, 0.1) is 28.2 Å². The van der Waals surface area contributed by atoms with Gasteiger partial charge in [-0.3, -0.25) is 19.8 Å². The molecule has 1 saturated heterocycles. The standard InChI is InChI=1S/C24H17ClN2O5S2/c1-31-21-11-15(9-10-20(21)32-14-16-5-2-3-8-19(16)27(29)30)12-22-23(28)26(24(33)34-22)18-7-4-6-17(25)13-18/h2-13H,14H2,1H3/b22-12+. The van der Waals surface area contributed by atoms with E-state index in [0.717, 1.165) is 0 Å². The second kappa shape index (κ2) is 10.3. The maximum atomic E-state index is 13.0. The lowest BCUT2D eigenvalue weighted by Crippen LogP contribution is -2.27. The molecule has 3 aromatic carbocycles. The highest BCUT2D eigenvalue weighted by Crippen LogP contribution is 2.38. The van der Waals surface area contributed by atoms with E-state index in [1.807, 2.05) is 0 Å². The molecule has 0 bridgehead atoms. The lowest BCUT2D eigenvalue weighted by atomic mass is 10.1. The maximum Gasteiger partial charge on any atom is 0.276 e. The van der Waals surface area contributed by atoms with Crippen LogP contribution in [0.15, 0.2) is 71.6 Å². The van der Waals surface area contributed by atoms with E-state index >= 15 is 0 Å². The molecule has 7 nitrogen and oxygen atoms in total. The second-order valence-corrected chi connectivity index (χ2v) is 9.19. The molecule has 1 aliphatic rings. The molecule has 0 aromatic heterocycles. The molecule has 4 rings (SSSR count). The molecule has 1 heterocycles. The van der Waals surface area contributed by atoms with Crippen molar-refractivity contribution >= 4 is 63.3 Å². The van der Waals surface area contributed by atoms with Crippen LogP contribution in [0.5, 0.6) is 11.5 Å². The Labute approximate surface area is 210 Å². The molecule has 3 aromatic rings. The van der Waals surface area contributed by atoms with Gasteiger partial charge in [0.2, 0.25) is 0 Å². The number of carbonyl (C=O) groups excluding carboxylic acids is 1.